The van der Waals surface area contributed by atoms with Gasteiger partial charge in [-0.3, -0.25) is 0 Å². The summed E-state index contributed by atoms with van der Waals surface area (Å²) in [6.45, 7) is 0.638. The minimum Gasteiger partial charge on any atom is -0.497 e. The molecule has 90 valence electrons. The molecule has 2 aromatic rings. The van der Waals surface area contributed by atoms with Gasteiger partial charge in [-0.1, -0.05) is 22.3 Å². The fourth-order valence-electron chi connectivity index (χ4n) is 1.49. The molecule has 1 aromatic carbocycles. The number of rotatable bonds is 4. The SMILES string of the molecule is COc1cccc(CN(C)c2nnc(N)o2)c1. The lowest BCUT2D eigenvalue weighted by atomic mass is 10.2. The molecular formula is C11H14N4O2. The predicted molar refractivity (Wildman–Crippen MR) is 63.8 cm³/mol. The minimum atomic E-state index is 0.0671. The largest absolute Gasteiger partial charge is 0.497 e. The van der Waals surface area contributed by atoms with Crippen LogP contribution in [0.1, 0.15) is 5.56 Å². The number of benzene rings is 1. The molecule has 0 aliphatic carbocycles. The molecule has 1 heterocycles. The van der Waals surface area contributed by atoms with Crippen LogP contribution in [0.25, 0.3) is 0 Å². The monoisotopic (exact) mass is 234 g/mol. The number of hydrogen-bond acceptors (Lipinski definition) is 6. The molecule has 17 heavy (non-hydrogen) atoms. The first kappa shape index (κ1) is 11.3. The van der Waals surface area contributed by atoms with E-state index in [0.29, 0.717) is 12.6 Å². The van der Waals surface area contributed by atoms with E-state index in [1.54, 1.807) is 7.11 Å². The molecule has 2 N–H and O–H groups in total. The molecule has 6 heteroatoms. The van der Waals surface area contributed by atoms with Gasteiger partial charge in [0.05, 0.1) is 7.11 Å². The summed E-state index contributed by atoms with van der Waals surface area (Å²) in [4.78, 5) is 1.82. The van der Waals surface area contributed by atoms with E-state index in [0.717, 1.165) is 11.3 Å². The highest BCUT2D eigenvalue weighted by Crippen LogP contribution is 2.17. The third kappa shape index (κ3) is 2.66. The highest BCUT2D eigenvalue weighted by molar-refractivity contribution is 5.33. The quantitative estimate of drug-likeness (QED) is 0.859. The van der Waals surface area contributed by atoms with Gasteiger partial charge in [0.2, 0.25) is 0 Å². The average molecular weight is 234 g/mol. The Morgan fingerprint density at radius 1 is 1.41 bits per heavy atom. The molecule has 0 fully saturated rings. The summed E-state index contributed by atoms with van der Waals surface area (Å²) >= 11 is 0. The Morgan fingerprint density at radius 2 is 2.24 bits per heavy atom. The molecule has 0 radical (unpaired) electrons. The van der Waals surface area contributed by atoms with Gasteiger partial charge < -0.3 is 19.8 Å². The van der Waals surface area contributed by atoms with Gasteiger partial charge in [-0.25, -0.2) is 0 Å². The van der Waals surface area contributed by atoms with E-state index in [2.05, 4.69) is 10.2 Å². The van der Waals surface area contributed by atoms with Gasteiger partial charge in [0.25, 0.3) is 0 Å². The minimum absolute atomic E-state index is 0.0671. The van der Waals surface area contributed by atoms with Crippen LogP contribution in [0, 0.1) is 0 Å². The van der Waals surface area contributed by atoms with E-state index in [1.807, 2.05) is 36.2 Å². The predicted octanol–water partition coefficient (Wildman–Crippen LogP) is 1.30. The summed E-state index contributed by atoms with van der Waals surface area (Å²) < 4.78 is 10.3. The highest BCUT2D eigenvalue weighted by Gasteiger charge is 2.09. The van der Waals surface area contributed by atoms with Crippen molar-refractivity contribution in [3.63, 3.8) is 0 Å². The van der Waals surface area contributed by atoms with Crippen molar-refractivity contribution in [2.75, 3.05) is 24.8 Å². The third-order valence-corrected chi connectivity index (χ3v) is 2.31. The summed E-state index contributed by atoms with van der Waals surface area (Å²) in [6.07, 6.45) is 0. The van der Waals surface area contributed by atoms with Gasteiger partial charge in [-0.15, -0.1) is 0 Å². The summed E-state index contributed by atoms with van der Waals surface area (Å²) in [5.41, 5.74) is 6.46. The molecule has 6 nitrogen and oxygen atoms in total. The van der Waals surface area contributed by atoms with Crippen LogP contribution in [0.15, 0.2) is 28.7 Å². The van der Waals surface area contributed by atoms with Crippen LogP contribution in [0.2, 0.25) is 0 Å². The zero-order valence-electron chi connectivity index (χ0n) is 9.75. The number of nitrogens with zero attached hydrogens (tertiary/aromatic N) is 3. The van der Waals surface area contributed by atoms with Gasteiger partial charge >= 0.3 is 12.0 Å². The van der Waals surface area contributed by atoms with E-state index >= 15 is 0 Å². The second-order valence-electron chi connectivity index (χ2n) is 3.63. The smallest absolute Gasteiger partial charge is 0.319 e. The first-order valence-corrected chi connectivity index (χ1v) is 5.12. The fraction of sp³-hybridized carbons (Fsp3) is 0.273. The van der Waals surface area contributed by atoms with Gasteiger partial charge in [-0.05, 0) is 17.7 Å². The van der Waals surface area contributed by atoms with Crippen molar-refractivity contribution >= 4 is 12.0 Å². The molecule has 0 saturated carbocycles. The fourth-order valence-corrected chi connectivity index (χ4v) is 1.49. The van der Waals surface area contributed by atoms with Crippen molar-refractivity contribution in [2.45, 2.75) is 6.54 Å². The Labute approximate surface area is 99.0 Å². The lowest BCUT2D eigenvalue weighted by Crippen LogP contribution is -2.16. The van der Waals surface area contributed by atoms with Gasteiger partial charge in [0, 0.05) is 13.6 Å². The summed E-state index contributed by atoms with van der Waals surface area (Å²) in [5, 5.41) is 7.42. The Balaban J connectivity index is 2.09. The van der Waals surface area contributed by atoms with Gasteiger partial charge in [-0.2, -0.15) is 0 Å². The molecule has 0 atom stereocenters. The Morgan fingerprint density at radius 3 is 2.88 bits per heavy atom. The van der Waals surface area contributed by atoms with Crippen LogP contribution >= 0.6 is 0 Å². The zero-order valence-corrected chi connectivity index (χ0v) is 9.75. The standard InChI is InChI=1S/C11H14N4O2/c1-15(11-14-13-10(12)17-11)7-8-4-3-5-9(6-8)16-2/h3-6H,7H2,1-2H3,(H2,12,13). The second-order valence-corrected chi connectivity index (χ2v) is 3.63. The summed E-state index contributed by atoms with van der Waals surface area (Å²) in [7, 11) is 3.49. The zero-order chi connectivity index (χ0) is 12.3. The molecule has 0 saturated heterocycles. The van der Waals surface area contributed by atoms with Gasteiger partial charge in [0.1, 0.15) is 5.75 Å². The summed E-state index contributed by atoms with van der Waals surface area (Å²) in [6, 6.07) is 8.25. The Kier molecular flexibility index (Phi) is 3.13. The van der Waals surface area contributed by atoms with Crippen LogP contribution in [0.5, 0.6) is 5.75 Å². The molecule has 2 rings (SSSR count). The number of nitrogen functional groups attached to an aromatic ring is 1. The maximum Gasteiger partial charge on any atom is 0.319 e. The van der Waals surface area contributed by atoms with Crippen LogP contribution in [-0.4, -0.2) is 24.4 Å². The van der Waals surface area contributed by atoms with Crippen molar-refractivity contribution < 1.29 is 9.15 Å². The Hall–Kier alpha value is -2.24. The van der Waals surface area contributed by atoms with Crippen molar-refractivity contribution in [3.05, 3.63) is 29.8 Å². The maximum absolute atomic E-state index is 5.37. The maximum atomic E-state index is 5.37. The number of anilines is 2. The van der Waals surface area contributed by atoms with Crippen LogP contribution < -0.4 is 15.4 Å². The molecule has 0 bridgehead atoms. The van der Waals surface area contributed by atoms with Crippen molar-refractivity contribution in [3.8, 4) is 5.75 Å². The topological polar surface area (TPSA) is 77.4 Å². The van der Waals surface area contributed by atoms with E-state index < -0.39 is 0 Å². The first-order valence-electron chi connectivity index (χ1n) is 5.12. The van der Waals surface area contributed by atoms with Crippen LogP contribution in [0.4, 0.5) is 12.0 Å². The number of hydrogen-bond donors (Lipinski definition) is 1. The number of nitrogens with two attached hydrogens (primary N) is 1. The number of aromatic nitrogens is 2. The lowest BCUT2D eigenvalue weighted by molar-refractivity contribution is 0.414. The molecule has 0 aliphatic heterocycles. The Bertz CT molecular complexity index is 498. The number of methoxy groups -OCH3 is 1. The summed E-state index contributed by atoms with van der Waals surface area (Å²) in [5.74, 6) is 0.820. The van der Waals surface area contributed by atoms with E-state index in [9.17, 15) is 0 Å². The molecule has 0 spiro atoms. The van der Waals surface area contributed by atoms with Crippen molar-refractivity contribution in [1.29, 1.82) is 0 Å². The van der Waals surface area contributed by atoms with Crippen molar-refractivity contribution in [1.82, 2.24) is 10.2 Å². The normalized spacial score (nSPS) is 10.2. The second kappa shape index (κ2) is 4.73. The first-order chi connectivity index (χ1) is 8.19. The van der Waals surface area contributed by atoms with E-state index in [4.69, 9.17) is 14.9 Å². The molecule has 0 amide bonds. The third-order valence-electron chi connectivity index (χ3n) is 2.31. The average Bonchev–Trinajstić information content (AvgIpc) is 2.76. The molecule has 0 unspecified atom stereocenters. The van der Waals surface area contributed by atoms with Crippen LogP contribution in [0.3, 0.4) is 0 Å². The highest BCUT2D eigenvalue weighted by atomic mass is 16.5. The number of ether oxygens (including phenoxy) is 1. The van der Waals surface area contributed by atoms with Crippen LogP contribution in [-0.2, 0) is 6.54 Å². The molecule has 1 aromatic heterocycles. The molecule has 0 aliphatic rings. The van der Waals surface area contributed by atoms with Gasteiger partial charge in [0.15, 0.2) is 0 Å². The van der Waals surface area contributed by atoms with E-state index in [1.165, 1.54) is 0 Å². The van der Waals surface area contributed by atoms with Crippen molar-refractivity contribution in [2.24, 2.45) is 0 Å². The molecular weight excluding hydrogens is 220 g/mol. The van der Waals surface area contributed by atoms with E-state index in [-0.39, 0.29) is 6.01 Å². The lowest BCUT2D eigenvalue weighted by Gasteiger charge is -2.14.